The Morgan fingerprint density at radius 1 is 1.47 bits per heavy atom. The Balaban J connectivity index is 1.92. The molecule has 80 valence electrons. The number of piperidine rings is 1. The first-order valence-electron chi connectivity index (χ1n) is 5.69. The van der Waals surface area contributed by atoms with E-state index in [1.54, 1.807) is 6.20 Å². The Labute approximate surface area is 89.7 Å². The molecule has 0 aromatic carbocycles. The van der Waals surface area contributed by atoms with Gasteiger partial charge < -0.3 is 10.0 Å². The maximum atomic E-state index is 9.29. The van der Waals surface area contributed by atoms with Crippen LogP contribution >= 0.6 is 0 Å². The van der Waals surface area contributed by atoms with Crippen LogP contribution in [-0.4, -0.2) is 22.7 Å². The highest BCUT2D eigenvalue weighted by molar-refractivity contribution is 5.53. The highest BCUT2D eigenvalue weighted by Crippen LogP contribution is 2.40. The van der Waals surface area contributed by atoms with Crippen molar-refractivity contribution < 1.29 is 5.11 Å². The number of pyridine rings is 1. The summed E-state index contributed by atoms with van der Waals surface area (Å²) in [6, 6.07) is 2.62. The maximum absolute atomic E-state index is 9.29. The number of fused-ring (bicyclic) bond motifs is 2. The molecule has 3 nitrogen and oxygen atoms in total. The third-order valence-electron chi connectivity index (χ3n) is 3.78. The average Bonchev–Trinajstić information content (AvgIpc) is 2.90. The van der Waals surface area contributed by atoms with E-state index in [9.17, 15) is 5.11 Å². The Morgan fingerprint density at radius 3 is 3.07 bits per heavy atom. The van der Waals surface area contributed by atoms with Crippen LogP contribution in [0.5, 0.6) is 0 Å². The van der Waals surface area contributed by atoms with Crippen molar-refractivity contribution >= 4 is 5.69 Å². The van der Waals surface area contributed by atoms with Crippen LogP contribution in [0.2, 0.25) is 0 Å². The van der Waals surface area contributed by atoms with Gasteiger partial charge in [-0.2, -0.15) is 0 Å². The fraction of sp³-hybridized carbons (Fsp3) is 0.583. The molecule has 2 aliphatic rings. The minimum absolute atomic E-state index is 0.117. The van der Waals surface area contributed by atoms with E-state index in [0.717, 1.165) is 23.7 Å². The molecule has 2 fully saturated rings. The van der Waals surface area contributed by atoms with Gasteiger partial charge in [-0.3, -0.25) is 4.98 Å². The van der Waals surface area contributed by atoms with Gasteiger partial charge in [0, 0.05) is 24.3 Å². The molecule has 3 rings (SSSR count). The van der Waals surface area contributed by atoms with Crippen molar-refractivity contribution in [3.05, 3.63) is 24.0 Å². The number of hydrogen-bond acceptors (Lipinski definition) is 3. The van der Waals surface area contributed by atoms with Crippen LogP contribution in [0.3, 0.4) is 0 Å². The lowest BCUT2D eigenvalue weighted by Gasteiger charge is -2.30. The number of hydrogen-bond donors (Lipinski definition) is 1. The number of aliphatic hydroxyl groups excluding tert-OH is 1. The summed E-state index contributed by atoms with van der Waals surface area (Å²) in [7, 11) is 0. The molecule has 1 aromatic heterocycles. The number of anilines is 1. The quantitative estimate of drug-likeness (QED) is 0.794. The summed E-state index contributed by atoms with van der Waals surface area (Å²) in [5, 5.41) is 9.29. The molecule has 1 aromatic rings. The molecular weight excluding hydrogens is 188 g/mol. The van der Waals surface area contributed by atoms with E-state index in [1.807, 2.05) is 12.3 Å². The largest absolute Gasteiger partial charge is 0.392 e. The van der Waals surface area contributed by atoms with Gasteiger partial charge in [0.2, 0.25) is 0 Å². The van der Waals surface area contributed by atoms with Crippen molar-refractivity contribution in [3.8, 4) is 0 Å². The first-order valence-corrected chi connectivity index (χ1v) is 5.69. The fourth-order valence-electron chi connectivity index (χ4n) is 3.03. The van der Waals surface area contributed by atoms with E-state index >= 15 is 0 Å². The van der Waals surface area contributed by atoms with Gasteiger partial charge in [0.15, 0.2) is 0 Å². The van der Waals surface area contributed by atoms with Gasteiger partial charge in [0.25, 0.3) is 0 Å². The summed E-state index contributed by atoms with van der Waals surface area (Å²) < 4.78 is 0. The molecule has 3 heteroatoms. The molecule has 2 atom stereocenters. The van der Waals surface area contributed by atoms with Gasteiger partial charge in [0.05, 0.1) is 18.5 Å². The monoisotopic (exact) mass is 204 g/mol. The van der Waals surface area contributed by atoms with Crippen molar-refractivity contribution in [1.29, 1.82) is 0 Å². The minimum atomic E-state index is 0.117. The third-order valence-corrected chi connectivity index (χ3v) is 3.78. The smallest absolute Gasteiger partial charge is 0.0703 e. The standard InChI is InChI=1S/C12H16N2O/c15-8-10-3-4-13-6-12(10)14-7-9-1-2-11(14)5-9/h3-4,6,9,11,15H,1-2,5,7-8H2. The molecule has 1 saturated carbocycles. The first kappa shape index (κ1) is 9.16. The summed E-state index contributed by atoms with van der Waals surface area (Å²) in [6.45, 7) is 1.27. The van der Waals surface area contributed by atoms with Gasteiger partial charge in [0.1, 0.15) is 0 Å². The average molecular weight is 204 g/mol. The fourth-order valence-corrected chi connectivity index (χ4v) is 3.03. The van der Waals surface area contributed by atoms with Crippen LogP contribution in [0, 0.1) is 5.92 Å². The summed E-state index contributed by atoms with van der Waals surface area (Å²) in [5.74, 6) is 0.877. The Hall–Kier alpha value is -1.09. The molecule has 1 saturated heterocycles. The molecular formula is C12H16N2O. The van der Waals surface area contributed by atoms with Crippen LogP contribution in [0.1, 0.15) is 24.8 Å². The highest BCUT2D eigenvalue weighted by atomic mass is 16.3. The van der Waals surface area contributed by atoms with Gasteiger partial charge in [-0.25, -0.2) is 0 Å². The lowest BCUT2D eigenvalue weighted by atomic mass is 10.1. The molecule has 15 heavy (non-hydrogen) atoms. The van der Waals surface area contributed by atoms with Crippen molar-refractivity contribution in [2.24, 2.45) is 5.92 Å². The van der Waals surface area contributed by atoms with E-state index in [2.05, 4.69) is 9.88 Å². The molecule has 0 spiro atoms. The topological polar surface area (TPSA) is 36.4 Å². The summed E-state index contributed by atoms with van der Waals surface area (Å²) >= 11 is 0. The number of aliphatic hydroxyl groups is 1. The molecule has 2 unspecified atom stereocenters. The second-order valence-electron chi connectivity index (χ2n) is 4.65. The Kier molecular flexibility index (Phi) is 2.13. The van der Waals surface area contributed by atoms with Gasteiger partial charge >= 0.3 is 0 Å². The Morgan fingerprint density at radius 2 is 2.40 bits per heavy atom. The van der Waals surface area contributed by atoms with Crippen LogP contribution in [0.4, 0.5) is 5.69 Å². The second-order valence-corrected chi connectivity index (χ2v) is 4.65. The zero-order chi connectivity index (χ0) is 10.3. The van der Waals surface area contributed by atoms with Gasteiger partial charge in [-0.05, 0) is 31.2 Å². The molecule has 1 N–H and O–H groups in total. The van der Waals surface area contributed by atoms with Crippen molar-refractivity contribution in [2.45, 2.75) is 31.9 Å². The third kappa shape index (κ3) is 1.42. The van der Waals surface area contributed by atoms with E-state index in [4.69, 9.17) is 0 Å². The van der Waals surface area contributed by atoms with Crippen LogP contribution < -0.4 is 4.90 Å². The van der Waals surface area contributed by atoms with E-state index < -0.39 is 0 Å². The molecule has 2 bridgehead atoms. The molecule has 2 heterocycles. The molecule has 0 radical (unpaired) electrons. The van der Waals surface area contributed by atoms with E-state index in [0.29, 0.717) is 6.04 Å². The maximum Gasteiger partial charge on any atom is 0.0703 e. The normalized spacial score (nSPS) is 28.7. The summed E-state index contributed by atoms with van der Waals surface area (Å²) in [4.78, 5) is 6.61. The van der Waals surface area contributed by atoms with Crippen molar-refractivity contribution in [2.75, 3.05) is 11.4 Å². The molecule has 0 amide bonds. The van der Waals surface area contributed by atoms with Crippen molar-refractivity contribution in [1.82, 2.24) is 4.98 Å². The first-order chi connectivity index (χ1) is 7.38. The Bertz CT molecular complexity index is 366. The van der Waals surface area contributed by atoms with Crippen LogP contribution in [-0.2, 0) is 6.61 Å². The lowest BCUT2D eigenvalue weighted by Crippen LogP contribution is -2.32. The number of nitrogens with zero attached hydrogens (tertiary/aromatic N) is 2. The second kappa shape index (κ2) is 3.49. The van der Waals surface area contributed by atoms with E-state index in [-0.39, 0.29) is 6.61 Å². The summed E-state index contributed by atoms with van der Waals surface area (Å²) in [6.07, 6.45) is 7.68. The van der Waals surface area contributed by atoms with Crippen LogP contribution in [0.25, 0.3) is 0 Å². The predicted octanol–water partition coefficient (Wildman–Crippen LogP) is 1.56. The highest BCUT2D eigenvalue weighted by Gasteiger charge is 2.38. The lowest BCUT2D eigenvalue weighted by molar-refractivity contribution is 0.281. The zero-order valence-electron chi connectivity index (χ0n) is 8.76. The number of rotatable bonds is 2. The van der Waals surface area contributed by atoms with E-state index in [1.165, 1.54) is 19.3 Å². The zero-order valence-corrected chi connectivity index (χ0v) is 8.76. The predicted molar refractivity (Wildman–Crippen MR) is 58.6 cm³/mol. The van der Waals surface area contributed by atoms with Gasteiger partial charge in [-0.1, -0.05) is 0 Å². The molecule has 1 aliphatic carbocycles. The summed E-state index contributed by atoms with van der Waals surface area (Å²) in [5.41, 5.74) is 2.16. The van der Waals surface area contributed by atoms with Gasteiger partial charge in [-0.15, -0.1) is 0 Å². The molecule has 1 aliphatic heterocycles. The SMILES string of the molecule is OCc1ccncc1N1CC2CCC1C2. The van der Waals surface area contributed by atoms with Crippen LogP contribution in [0.15, 0.2) is 18.5 Å². The van der Waals surface area contributed by atoms with Crippen molar-refractivity contribution in [3.63, 3.8) is 0 Å². The number of aromatic nitrogens is 1. The minimum Gasteiger partial charge on any atom is -0.392 e.